The number of hydrogen-bond acceptors (Lipinski definition) is 2. The van der Waals surface area contributed by atoms with Crippen molar-refractivity contribution in [2.75, 3.05) is 0 Å². The lowest BCUT2D eigenvalue weighted by Gasteiger charge is -2.11. The zero-order valence-electron chi connectivity index (χ0n) is 13.0. The molecule has 0 heterocycles. The Kier molecular flexibility index (Phi) is 4.53. The van der Waals surface area contributed by atoms with Crippen molar-refractivity contribution in [1.29, 1.82) is 0 Å². The van der Waals surface area contributed by atoms with Crippen LogP contribution in [0.3, 0.4) is 0 Å². The highest BCUT2D eigenvalue weighted by Gasteiger charge is 2.10. The number of rotatable bonds is 4. The predicted octanol–water partition coefficient (Wildman–Crippen LogP) is 5.14. The molecule has 0 atom stereocenters. The molecule has 2 heteroatoms. The van der Waals surface area contributed by atoms with Gasteiger partial charge in [0, 0.05) is 0 Å². The standard InChI is InChI=1S/C21H18O2/c1-2-16-15-19(23-21(22)18-11-7-4-8-12-18)13-14-20(16)17-9-5-3-6-10-17/h3-15H,2H2,1H3. The van der Waals surface area contributed by atoms with Crippen LogP contribution in [-0.2, 0) is 6.42 Å². The number of carbonyl (C=O) groups excluding carboxylic acids is 1. The van der Waals surface area contributed by atoms with E-state index in [4.69, 9.17) is 4.74 Å². The van der Waals surface area contributed by atoms with Crippen LogP contribution in [-0.4, -0.2) is 5.97 Å². The Labute approximate surface area is 136 Å². The van der Waals surface area contributed by atoms with E-state index in [1.54, 1.807) is 12.1 Å². The number of esters is 1. The summed E-state index contributed by atoms with van der Waals surface area (Å²) in [5, 5.41) is 0. The summed E-state index contributed by atoms with van der Waals surface area (Å²) in [4.78, 5) is 12.1. The molecule has 3 aromatic carbocycles. The molecule has 0 saturated carbocycles. The van der Waals surface area contributed by atoms with E-state index in [0.29, 0.717) is 11.3 Å². The van der Waals surface area contributed by atoms with Crippen molar-refractivity contribution in [2.24, 2.45) is 0 Å². The highest BCUT2D eigenvalue weighted by Crippen LogP contribution is 2.28. The molecule has 0 spiro atoms. The fourth-order valence-electron chi connectivity index (χ4n) is 2.57. The molecule has 0 saturated heterocycles. The van der Waals surface area contributed by atoms with Gasteiger partial charge in [-0.1, -0.05) is 61.5 Å². The van der Waals surface area contributed by atoms with Gasteiger partial charge < -0.3 is 4.74 Å². The molecule has 23 heavy (non-hydrogen) atoms. The Balaban J connectivity index is 1.86. The van der Waals surface area contributed by atoms with Gasteiger partial charge in [-0.05, 0) is 47.4 Å². The Morgan fingerprint density at radius 1 is 0.870 bits per heavy atom. The molecule has 114 valence electrons. The van der Waals surface area contributed by atoms with Gasteiger partial charge in [-0.3, -0.25) is 0 Å². The van der Waals surface area contributed by atoms with Crippen LogP contribution in [0.2, 0.25) is 0 Å². The summed E-state index contributed by atoms with van der Waals surface area (Å²) in [6.07, 6.45) is 0.876. The third-order valence-electron chi connectivity index (χ3n) is 3.76. The quantitative estimate of drug-likeness (QED) is 0.493. The van der Waals surface area contributed by atoms with Gasteiger partial charge in [0.1, 0.15) is 5.75 Å². The first-order chi connectivity index (χ1) is 11.3. The summed E-state index contributed by atoms with van der Waals surface area (Å²) in [5.41, 5.74) is 4.06. The lowest BCUT2D eigenvalue weighted by molar-refractivity contribution is 0.0734. The van der Waals surface area contributed by atoms with Gasteiger partial charge in [0.15, 0.2) is 0 Å². The number of ether oxygens (including phenoxy) is 1. The molecule has 0 N–H and O–H groups in total. The molecule has 3 aromatic rings. The fourth-order valence-corrected chi connectivity index (χ4v) is 2.57. The summed E-state index contributed by atoms with van der Waals surface area (Å²) in [5.74, 6) is 0.246. The first-order valence-corrected chi connectivity index (χ1v) is 7.73. The SMILES string of the molecule is CCc1cc(OC(=O)c2ccccc2)ccc1-c1ccccc1. The Bertz CT molecular complexity index is 793. The zero-order valence-corrected chi connectivity index (χ0v) is 13.0. The minimum atomic E-state index is -0.333. The number of hydrogen-bond donors (Lipinski definition) is 0. The molecule has 0 radical (unpaired) electrons. The van der Waals surface area contributed by atoms with E-state index >= 15 is 0 Å². The van der Waals surface area contributed by atoms with Crippen LogP contribution in [0.25, 0.3) is 11.1 Å². The normalized spacial score (nSPS) is 10.3. The van der Waals surface area contributed by atoms with Crippen LogP contribution in [0.4, 0.5) is 0 Å². The first-order valence-electron chi connectivity index (χ1n) is 7.73. The van der Waals surface area contributed by atoms with Crippen LogP contribution in [0.15, 0.2) is 78.9 Å². The minimum absolute atomic E-state index is 0.333. The van der Waals surface area contributed by atoms with Crippen molar-refractivity contribution < 1.29 is 9.53 Å². The molecule has 0 amide bonds. The van der Waals surface area contributed by atoms with Crippen molar-refractivity contribution in [2.45, 2.75) is 13.3 Å². The van der Waals surface area contributed by atoms with E-state index < -0.39 is 0 Å². The zero-order chi connectivity index (χ0) is 16.1. The number of benzene rings is 3. The third-order valence-corrected chi connectivity index (χ3v) is 3.76. The maximum Gasteiger partial charge on any atom is 0.343 e. The van der Waals surface area contributed by atoms with Crippen molar-refractivity contribution in [3.8, 4) is 16.9 Å². The second-order valence-corrected chi connectivity index (χ2v) is 5.29. The van der Waals surface area contributed by atoms with Gasteiger partial charge in [-0.2, -0.15) is 0 Å². The topological polar surface area (TPSA) is 26.3 Å². The van der Waals surface area contributed by atoms with Crippen LogP contribution < -0.4 is 4.74 Å². The average Bonchev–Trinajstić information content (AvgIpc) is 2.63. The number of aryl methyl sites for hydroxylation is 1. The minimum Gasteiger partial charge on any atom is -0.423 e. The lowest BCUT2D eigenvalue weighted by atomic mass is 9.98. The molecule has 0 bridgehead atoms. The van der Waals surface area contributed by atoms with Crippen molar-refractivity contribution >= 4 is 5.97 Å². The van der Waals surface area contributed by atoms with Crippen LogP contribution in [0.1, 0.15) is 22.8 Å². The molecule has 0 fully saturated rings. The Hall–Kier alpha value is -2.87. The lowest BCUT2D eigenvalue weighted by Crippen LogP contribution is -2.08. The maximum absolute atomic E-state index is 12.1. The highest BCUT2D eigenvalue weighted by molar-refractivity contribution is 5.91. The van der Waals surface area contributed by atoms with Gasteiger partial charge in [-0.15, -0.1) is 0 Å². The summed E-state index contributed by atoms with van der Waals surface area (Å²) in [7, 11) is 0. The van der Waals surface area contributed by atoms with Crippen LogP contribution in [0, 0.1) is 0 Å². The van der Waals surface area contributed by atoms with E-state index in [9.17, 15) is 4.79 Å². The molecule has 0 aliphatic carbocycles. The second-order valence-electron chi connectivity index (χ2n) is 5.29. The van der Waals surface area contributed by atoms with E-state index in [1.807, 2.05) is 54.6 Å². The van der Waals surface area contributed by atoms with Crippen LogP contribution >= 0.6 is 0 Å². The smallest absolute Gasteiger partial charge is 0.343 e. The van der Waals surface area contributed by atoms with Crippen molar-refractivity contribution in [3.63, 3.8) is 0 Å². The molecule has 2 nitrogen and oxygen atoms in total. The molecule has 0 aliphatic heterocycles. The summed E-state index contributed by atoms with van der Waals surface area (Å²) >= 11 is 0. The molecule has 0 unspecified atom stereocenters. The van der Waals surface area contributed by atoms with E-state index in [0.717, 1.165) is 12.0 Å². The molecule has 0 aliphatic rings. The molecule has 0 aromatic heterocycles. The van der Waals surface area contributed by atoms with Crippen molar-refractivity contribution in [3.05, 3.63) is 90.0 Å². The van der Waals surface area contributed by atoms with E-state index in [-0.39, 0.29) is 5.97 Å². The average molecular weight is 302 g/mol. The summed E-state index contributed by atoms with van der Waals surface area (Å²) < 4.78 is 5.49. The Morgan fingerprint density at radius 2 is 1.52 bits per heavy atom. The first kappa shape index (κ1) is 15.0. The number of carbonyl (C=O) groups is 1. The summed E-state index contributed by atoms with van der Waals surface area (Å²) in [6, 6.07) is 25.1. The van der Waals surface area contributed by atoms with Gasteiger partial charge in [-0.25, -0.2) is 4.79 Å². The fraction of sp³-hybridized carbons (Fsp3) is 0.0952. The predicted molar refractivity (Wildman–Crippen MR) is 92.7 cm³/mol. The largest absolute Gasteiger partial charge is 0.423 e. The Morgan fingerprint density at radius 3 is 2.17 bits per heavy atom. The highest BCUT2D eigenvalue weighted by atomic mass is 16.5. The van der Waals surface area contributed by atoms with Gasteiger partial charge in [0.05, 0.1) is 5.56 Å². The van der Waals surface area contributed by atoms with E-state index in [2.05, 4.69) is 19.1 Å². The summed E-state index contributed by atoms with van der Waals surface area (Å²) in [6.45, 7) is 2.10. The van der Waals surface area contributed by atoms with Crippen LogP contribution in [0.5, 0.6) is 5.75 Å². The van der Waals surface area contributed by atoms with Gasteiger partial charge >= 0.3 is 5.97 Å². The second kappa shape index (κ2) is 6.93. The third kappa shape index (κ3) is 3.49. The molecule has 3 rings (SSSR count). The van der Waals surface area contributed by atoms with Crippen molar-refractivity contribution in [1.82, 2.24) is 0 Å². The molecular formula is C21H18O2. The maximum atomic E-state index is 12.1. The van der Waals surface area contributed by atoms with Gasteiger partial charge in [0.2, 0.25) is 0 Å². The van der Waals surface area contributed by atoms with Gasteiger partial charge in [0.25, 0.3) is 0 Å². The molecular weight excluding hydrogens is 284 g/mol. The van der Waals surface area contributed by atoms with E-state index in [1.165, 1.54) is 11.1 Å². The monoisotopic (exact) mass is 302 g/mol.